The molecule has 0 aromatic heterocycles. The molecule has 142 valence electrons. The van der Waals surface area contributed by atoms with Crippen molar-refractivity contribution in [3.63, 3.8) is 0 Å². The lowest BCUT2D eigenvalue weighted by molar-refractivity contribution is -0.146. The standard InChI is InChI=1S/C19H25ClFN3O2/c1-3-22-19(24-9-7-12(8-10-24)18(25)26-2)23-16-11-13(16)17-14(20)5-4-6-15(17)21/h4-6,12-13,16H,3,7-11H2,1-2H3,(H,22,23). The van der Waals surface area contributed by atoms with Gasteiger partial charge in [-0.1, -0.05) is 17.7 Å². The second-order valence-corrected chi connectivity index (χ2v) is 7.22. The van der Waals surface area contributed by atoms with E-state index < -0.39 is 0 Å². The maximum atomic E-state index is 14.1. The minimum absolute atomic E-state index is 0.0370. The molecule has 7 heteroatoms. The molecule has 1 aliphatic carbocycles. The van der Waals surface area contributed by atoms with E-state index in [-0.39, 0.29) is 29.7 Å². The van der Waals surface area contributed by atoms with E-state index in [1.54, 1.807) is 12.1 Å². The molecule has 0 spiro atoms. The number of aliphatic imine (C=N–C) groups is 1. The Morgan fingerprint density at radius 2 is 2.15 bits per heavy atom. The Bertz CT molecular complexity index is 669. The van der Waals surface area contributed by atoms with E-state index in [0.717, 1.165) is 38.3 Å². The minimum Gasteiger partial charge on any atom is -0.469 e. The Labute approximate surface area is 158 Å². The van der Waals surface area contributed by atoms with Gasteiger partial charge in [-0.3, -0.25) is 9.79 Å². The molecule has 2 atom stereocenters. The summed E-state index contributed by atoms with van der Waals surface area (Å²) < 4.78 is 19.0. The maximum absolute atomic E-state index is 14.1. The van der Waals surface area contributed by atoms with Crippen LogP contribution in [-0.2, 0) is 9.53 Å². The fraction of sp³-hybridized carbons (Fsp3) is 0.579. The van der Waals surface area contributed by atoms with Gasteiger partial charge in [-0.15, -0.1) is 0 Å². The third kappa shape index (κ3) is 4.11. The number of benzene rings is 1. The Balaban J connectivity index is 1.61. The number of nitrogens with zero attached hydrogens (tertiary/aromatic N) is 2. The number of nitrogens with one attached hydrogen (secondary N) is 1. The quantitative estimate of drug-likeness (QED) is 0.494. The number of ether oxygens (including phenoxy) is 1. The van der Waals surface area contributed by atoms with Crippen LogP contribution in [-0.4, -0.2) is 49.6 Å². The normalized spacial score (nSPS) is 23.7. The van der Waals surface area contributed by atoms with Gasteiger partial charge in [0.1, 0.15) is 5.82 Å². The number of likely N-dealkylation sites (tertiary alicyclic amines) is 1. The van der Waals surface area contributed by atoms with Crippen LogP contribution in [0.3, 0.4) is 0 Å². The average Bonchev–Trinajstić information content (AvgIpc) is 3.39. The predicted octanol–water partition coefficient (Wildman–Crippen LogP) is 3.19. The zero-order chi connectivity index (χ0) is 18.7. The van der Waals surface area contributed by atoms with E-state index in [0.29, 0.717) is 17.1 Å². The monoisotopic (exact) mass is 381 g/mol. The van der Waals surface area contributed by atoms with Gasteiger partial charge in [0, 0.05) is 42.2 Å². The van der Waals surface area contributed by atoms with Crippen LogP contribution in [0, 0.1) is 11.7 Å². The van der Waals surface area contributed by atoms with Crippen molar-refractivity contribution in [1.29, 1.82) is 0 Å². The molecule has 1 N–H and O–H groups in total. The molecule has 1 saturated heterocycles. The Morgan fingerprint density at radius 3 is 2.77 bits per heavy atom. The third-order valence-electron chi connectivity index (χ3n) is 5.11. The fourth-order valence-electron chi connectivity index (χ4n) is 3.58. The summed E-state index contributed by atoms with van der Waals surface area (Å²) in [6, 6.07) is 4.94. The number of hydrogen-bond acceptors (Lipinski definition) is 3. The molecule has 1 aromatic rings. The molecule has 26 heavy (non-hydrogen) atoms. The summed E-state index contributed by atoms with van der Waals surface area (Å²) in [5.41, 5.74) is 0.590. The number of piperidine rings is 1. The second kappa shape index (κ2) is 8.25. The van der Waals surface area contributed by atoms with Gasteiger partial charge in [-0.25, -0.2) is 4.39 Å². The molecular formula is C19H25ClFN3O2. The minimum atomic E-state index is -0.250. The molecule has 5 nitrogen and oxygen atoms in total. The highest BCUT2D eigenvalue weighted by molar-refractivity contribution is 6.31. The van der Waals surface area contributed by atoms with Gasteiger partial charge in [-0.05, 0) is 38.3 Å². The van der Waals surface area contributed by atoms with Gasteiger partial charge < -0.3 is 15.0 Å². The highest BCUT2D eigenvalue weighted by Gasteiger charge is 2.42. The van der Waals surface area contributed by atoms with Crippen LogP contribution in [0.2, 0.25) is 5.02 Å². The third-order valence-corrected chi connectivity index (χ3v) is 5.44. The number of rotatable bonds is 4. The number of carbonyl (C=O) groups excluding carboxylic acids is 1. The zero-order valence-corrected chi connectivity index (χ0v) is 15.9. The van der Waals surface area contributed by atoms with Crippen LogP contribution in [0.4, 0.5) is 4.39 Å². The van der Waals surface area contributed by atoms with Crippen LogP contribution in [0.15, 0.2) is 23.2 Å². The van der Waals surface area contributed by atoms with Gasteiger partial charge in [0.25, 0.3) is 0 Å². The number of methoxy groups -OCH3 is 1. The van der Waals surface area contributed by atoms with Gasteiger partial charge >= 0.3 is 5.97 Å². The summed E-state index contributed by atoms with van der Waals surface area (Å²) in [7, 11) is 1.43. The molecule has 2 fully saturated rings. The number of guanidine groups is 1. The Morgan fingerprint density at radius 1 is 1.42 bits per heavy atom. The van der Waals surface area contributed by atoms with E-state index in [4.69, 9.17) is 16.3 Å². The lowest BCUT2D eigenvalue weighted by Gasteiger charge is -2.33. The number of hydrogen-bond donors (Lipinski definition) is 1. The van der Waals surface area contributed by atoms with Crippen molar-refractivity contribution in [1.82, 2.24) is 10.2 Å². The fourth-order valence-corrected chi connectivity index (χ4v) is 3.89. The summed E-state index contributed by atoms with van der Waals surface area (Å²) in [4.78, 5) is 18.4. The molecule has 2 aliphatic rings. The highest BCUT2D eigenvalue weighted by Crippen LogP contribution is 2.45. The summed E-state index contributed by atoms with van der Waals surface area (Å²) in [6.07, 6.45) is 2.34. The smallest absolute Gasteiger partial charge is 0.308 e. The molecule has 1 aliphatic heterocycles. The van der Waals surface area contributed by atoms with Crippen molar-refractivity contribution in [3.8, 4) is 0 Å². The van der Waals surface area contributed by atoms with Crippen molar-refractivity contribution in [3.05, 3.63) is 34.6 Å². The topological polar surface area (TPSA) is 53.9 Å². The number of esters is 1. The Hall–Kier alpha value is -1.82. The zero-order valence-electron chi connectivity index (χ0n) is 15.2. The molecule has 0 radical (unpaired) electrons. The molecule has 3 rings (SSSR count). The first-order chi connectivity index (χ1) is 12.5. The molecule has 2 unspecified atom stereocenters. The van der Waals surface area contributed by atoms with Crippen LogP contribution >= 0.6 is 11.6 Å². The molecule has 1 aromatic carbocycles. The first-order valence-electron chi connectivity index (χ1n) is 9.12. The highest BCUT2D eigenvalue weighted by atomic mass is 35.5. The Kier molecular flexibility index (Phi) is 6.01. The maximum Gasteiger partial charge on any atom is 0.308 e. The SMILES string of the molecule is CCN=C(NC1CC1c1c(F)cccc1Cl)N1CCC(C(=O)OC)CC1. The molecule has 1 saturated carbocycles. The van der Waals surface area contributed by atoms with Gasteiger partial charge in [0.05, 0.1) is 13.0 Å². The van der Waals surface area contributed by atoms with E-state index in [1.165, 1.54) is 13.2 Å². The van der Waals surface area contributed by atoms with Crippen LogP contribution in [0.5, 0.6) is 0 Å². The van der Waals surface area contributed by atoms with Gasteiger partial charge in [0.15, 0.2) is 5.96 Å². The largest absolute Gasteiger partial charge is 0.469 e. The summed E-state index contributed by atoms with van der Waals surface area (Å²) in [5, 5.41) is 3.94. The van der Waals surface area contributed by atoms with Crippen molar-refractivity contribution < 1.29 is 13.9 Å². The van der Waals surface area contributed by atoms with Crippen LogP contribution in [0.1, 0.15) is 37.7 Å². The molecule has 1 heterocycles. The lowest BCUT2D eigenvalue weighted by atomic mass is 9.97. The van der Waals surface area contributed by atoms with E-state index in [2.05, 4.69) is 15.2 Å². The number of halogens is 2. The van der Waals surface area contributed by atoms with Crippen molar-refractivity contribution in [2.45, 2.75) is 38.1 Å². The van der Waals surface area contributed by atoms with E-state index in [1.807, 2.05) is 6.92 Å². The van der Waals surface area contributed by atoms with Crippen molar-refractivity contribution in [2.75, 3.05) is 26.7 Å². The molecule has 0 amide bonds. The van der Waals surface area contributed by atoms with E-state index >= 15 is 0 Å². The van der Waals surface area contributed by atoms with Crippen molar-refractivity contribution >= 4 is 23.5 Å². The first-order valence-corrected chi connectivity index (χ1v) is 9.50. The average molecular weight is 382 g/mol. The van der Waals surface area contributed by atoms with Gasteiger partial charge in [-0.2, -0.15) is 0 Å². The van der Waals surface area contributed by atoms with Crippen LogP contribution < -0.4 is 5.32 Å². The predicted molar refractivity (Wildman–Crippen MR) is 100.0 cm³/mol. The second-order valence-electron chi connectivity index (χ2n) is 6.81. The summed E-state index contributed by atoms with van der Waals surface area (Å²) >= 11 is 6.18. The van der Waals surface area contributed by atoms with E-state index in [9.17, 15) is 9.18 Å². The van der Waals surface area contributed by atoms with Crippen molar-refractivity contribution in [2.24, 2.45) is 10.9 Å². The summed E-state index contributed by atoms with van der Waals surface area (Å²) in [6.45, 7) is 4.16. The molecular weight excluding hydrogens is 357 g/mol. The van der Waals surface area contributed by atoms with Gasteiger partial charge in [0.2, 0.25) is 0 Å². The lowest BCUT2D eigenvalue weighted by Crippen LogP contribution is -2.47. The van der Waals surface area contributed by atoms with Crippen LogP contribution in [0.25, 0.3) is 0 Å². The summed E-state index contributed by atoms with van der Waals surface area (Å²) in [5.74, 6) is 0.474. The molecule has 0 bridgehead atoms. The number of carbonyl (C=O) groups is 1. The first kappa shape index (κ1) is 19.0.